The van der Waals surface area contributed by atoms with Crippen LogP contribution in [0.15, 0.2) is 88.8 Å². The molecule has 39 heavy (non-hydrogen) atoms. The van der Waals surface area contributed by atoms with Crippen molar-refractivity contribution in [2.75, 3.05) is 6.54 Å². The average molecular weight is 544 g/mol. The summed E-state index contributed by atoms with van der Waals surface area (Å²) in [4.78, 5) is 19.9. The van der Waals surface area contributed by atoms with Gasteiger partial charge in [0, 0.05) is 23.6 Å². The van der Waals surface area contributed by atoms with Gasteiger partial charge in [-0.3, -0.25) is 9.69 Å². The number of aryl methyl sites for hydroxylation is 1. The molecule has 0 bridgehead atoms. The number of benzene rings is 3. The van der Waals surface area contributed by atoms with Crippen LogP contribution in [0.4, 0.5) is 14.5 Å². The maximum atomic E-state index is 13.3. The normalized spacial score (nSPS) is 15.5. The molecule has 4 aromatic rings. The van der Waals surface area contributed by atoms with Gasteiger partial charge in [-0.25, -0.2) is 13.8 Å². The van der Waals surface area contributed by atoms with Crippen molar-refractivity contribution in [1.82, 2.24) is 9.47 Å². The van der Waals surface area contributed by atoms with E-state index >= 15 is 0 Å². The number of thioether (sulfide) groups is 1. The topological polar surface area (TPSA) is 46.8 Å². The Bertz CT molecular complexity index is 1560. The fraction of sp³-hybridized carbons (Fsp3) is 0.161. The highest BCUT2D eigenvalue weighted by Gasteiger charge is 2.32. The summed E-state index contributed by atoms with van der Waals surface area (Å²) in [6.07, 6.45) is 1.90. The van der Waals surface area contributed by atoms with Gasteiger partial charge in [0.2, 0.25) is 0 Å². The van der Waals surface area contributed by atoms with Gasteiger partial charge in [0.25, 0.3) is 5.91 Å². The molecule has 3 aromatic carbocycles. The smallest absolute Gasteiger partial charge is 0.266 e. The predicted molar refractivity (Wildman–Crippen MR) is 152 cm³/mol. The highest BCUT2D eigenvalue weighted by molar-refractivity contribution is 8.18. The standard InChI is InChI=1S/C31H27F2N3O2S/c1-4-35-30(37)29(39-31(35)34-26-11-9-25(33)10-12-26)18-23-17-20(2)36(21(23)3)27-13-15-28(16-14-27)38-19-22-5-7-24(32)8-6-22/h5-18H,4,19H2,1-3H3/b29-18+,34-31?. The van der Waals surface area contributed by atoms with E-state index < -0.39 is 0 Å². The van der Waals surface area contributed by atoms with Crippen molar-refractivity contribution >= 4 is 34.6 Å². The lowest BCUT2D eigenvalue weighted by Gasteiger charge is -2.12. The van der Waals surface area contributed by atoms with Gasteiger partial charge in [0.05, 0.1) is 10.6 Å². The predicted octanol–water partition coefficient (Wildman–Crippen LogP) is 7.58. The van der Waals surface area contributed by atoms with Crippen LogP contribution in [0.25, 0.3) is 11.8 Å². The Morgan fingerprint density at radius 2 is 1.56 bits per heavy atom. The second kappa shape index (κ2) is 11.3. The molecule has 1 aromatic heterocycles. The SMILES string of the molecule is CCN1C(=O)/C(=C\c2cc(C)n(-c3ccc(OCc4ccc(F)cc4)cc3)c2C)SC1=Nc1ccc(F)cc1. The van der Waals surface area contributed by atoms with Crippen molar-refractivity contribution in [2.45, 2.75) is 27.4 Å². The number of halogens is 2. The fourth-order valence-electron chi connectivity index (χ4n) is 4.41. The van der Waals surface area contributed by atoms with Crippen molar-refractivity contribution in [3.63, 3.8) is 0 Å². The van der Waals surface area contributed by atoms with E-state index in [4.69, 9.17) is 4.74 Å². The Morgan fingerprint density at radius 3 is 2.21 bits per heavy atom. The van der Waals surface area contributed by atoms with Crippen molar-refractivity contribution in [1.29, 1.82) is 0 Å². The van der Waals surface area contributed by atoms with Crippen molar-refractivity contribution in [3.8, 4) is 11.4 Å². The van der Waals surface area contributed by atoms with Gasteiger partial charge in [0.15, 0.2) is 5.17 Å². The first kappa shape index (κ1) is 26.4. The van der Waals surface area contributed by atoms with E-state index in [0.29, 0.717) is 34.7 Å². The third-order valence-electron chi connectivity index (χ3n) is 6.43. The Morgan fingerprint density at radius 1 is 0.923 bits per heavy atom. The number of carbonyl (C=O) groups is 1. The number of nitrogens with zero attached hydrogens (tertiary/aromatic N) is 3. The van der Waals surface area contributed by atoms with Crippen molar-refractivity contribution < 1.29 is 18.3 Å². The molecule has 1 fully saturated rings. The molecule has 0 aliphatic carbocycles. The molecule has 0 radical (unpaired) electrons. The molecule has 5 nitrogen and oxygen atoms in total. The van der Waals surface area contributed by atoms with Crippen molar-refractivity contribution in [3.05, 3.63) is 118 Å². The minimum atomic E-state index is -0.329. The first-order valence-electron chi connectivity index (χ1n) is 12.5. The molecule has 1 aliphatic heterocycles. The van der Waals surface area contributed by atoms with E-state index in [-0.39, 0.29) is 17.5 Å². The van der Waals surface area contributed by atoms with Gasteiger partial charge >= 0.3 is 0 Å². The van der Waals surface area contributed by atoms with E-state index in [0.717, 1.165) is 28.2 Å². The Kier molecular flexibility index (Phi) is 7.65. The molecule has 2 heterocycles. The first-order valence-corrected chi connectivity index (χ1v) is 13.4. The third kappa shape index (κ3) is 5.81. The maximum Gasteiger partial charge on any atom is 0.266 e. The van der Waals surface area contributed by atoms with E-state index in [1.165, 1.54) is 36.0 Å². The van der Waals surface area contributed by atoms with Gasteiger partial charge in [-0.15, -0.1) is 0 Å². The maximum absolute atomic E-state index is 13.3. The molecule has 1 amide bonds. The summed E-state index contributed by atoms with van der Waals surface area (Å²) in [6, 6.07) is 22.0. The lowest BCUT2D eigenvalue weighted by atomic mass is 10.2. The molecular formula is C31H27F2N3O2S. The van der Waals surface area contributed by atoms with Gasteiger partial charge in [-0.05, 0) is 116 Å². The van der Waals surface area contributed by atoms with Gasteiger partial charge in [-0.2, -0.15) is 0 Å². The number of likely N-dealkylation sites (N-methyl/N-ethyl adjacent to an activating group) is 1. The average Bonchev–Trinajstić information content (AvgIpc) is 3.38. The molecule has 0 N–H and O–H groups in total. The number of carbonyl (C=O) groups excluding carboxylic acids is 1. The van der Waals surface area contributed by atoms with Crippen LogP contribution < -0.4 is 4.74 Å². The molecule has 0 unspecified atom stereocenters. The first-order chi connectivity index (χ1) is 18.8. The van der Waals surface area contributed by atoms with Crippen LogP contribution in [0, 0.1) is 25.5 Å². The van der Waals surface area contributed by atoms with E-state index in [1.54, 1.807) is 29.2 Å². The number of rotatable bonds is 7. The summed E-state index contributed by atoms with van der Waals surface area (Å²) < 4.78 is 34.4. The van der Waals surface area contributed by atoms with Crippen LogP contribution in [0.5, 0.6) is 5.75 Å². The summed E-state index contributed by atoms with van der Waals surface area (Å²) >= 11 is 1.32. The van der Waals surface area contributed by atoms with E-state index in [9.17, 15) is 13.6 Å². The molecule has 0 spiro atoms. The molecule has 1 aliphatic rings. The summed E-state index contributed by atoms with van der Waals surface area (Å²) in [5.41, 5.74) is 5.43. The molecular weight excluding hydrogens is 516 g/mol. The number of hydrogen-bond acceptors (Lipinski definition) is 4. The molecule has 198 valence electrons. The van der Waals surface area contributed by atoms with E-state index in [1.807, 2.05) is 51.1 Å². The monoisotopic (exact) mass is 543 g/mol. The zero-order valence-electron chi connectivity index (χ0n) is 21.8. The lowest BCUT2D eigenvalue weighted by molar-refractivity contribution is -0.122. The number of aliphatic imine (C=N–C) groups is 1. The number of aromatic nitrogens is 1. The Hall–Kier alpha value is -4.17. The Labute approximate surface area is 230 Å². The van der Waals surface area contributed by atoms with Crippen LogP contribution in [0.1, 0.15) is 29.4 Å². The van der Waals surface area contributed by atoms with Crippen molar-refractivity contribution in [2.24, 2.45) is 4.99 Å². The zero-order valence-corrected chi connectivity index (χ0v) is 22.6. The Balaban J connectivity index is 1.35. The third-order valence-corrected chi connectivity index (χ3v) is 7.43. The van der Waals surface area contributed by atoms with Crippen LogP contribution in [0.2, 0.25) is 0 Å². The molecule has 5 rings (SSSR count). The molecule has 0 saturated carbocycles. The fourth-order valence-corrected chi connectivity index (χ4v) is 5.46. The summed E-state index contributed by atoms with van der Waals surface area (Å²) in [5, 5.41) is 0.574. The summed E-state index contributed by atoms with van der Waals surface area (Å²) in [5.74, 6) is 0.0153. The number of ether oxygens (including phenoxy) is 1. The second-order valence-electron chi connectivity index (χ2n) is 9.10. The van der Waals surface area contributed by atoms with Crippen LogP contribution in [0.3, 0.4) is 0 Å². The highest BCUT2D eigenvalue weighted by Crippen LogP contribution is 2.35. The quantitative estimate of drug-likeness (QED) is 0.226. The minimum Gasteiger partial charge on any atom is -0.489 e. The van der Waals surface area contributed by atoms with Gasteiger partial charge in [-0.1, -0.05) is 12.1 Å². The van der Waals surface area contributed by atoms with Crippen LogP contribution >= 0.6 is 11.8 Å². The highest BCUT2D eigenvalue weighted by atomic mass is 32.2. The zero-order chi connectivity index (χ0) is 27.5. The number of amidine groups is 1. The van der Waals surface area contributed by atoms with Gasteiger partial charge < -0.3 is 9.30 Å². The summed E-state index contributed by atoms with van der Waals surface area (Å²) in [6.45, 7) is 6.79. The van der Waals surface area contributed by atoms with Gasteiger partial charge in [0.1, 0.15) is 24.0 Å². The number of hydrogen-bond donors (Lipinski definition) is 0. The minimum absolute atomic E-state index is 0.101. The molecule has 1 saturated heterocycles. The molecule has 8 heteroatoms. The summed E-state index contributed by atoms with van der Waals surface area (Å²) in [7, 11) is 0. The van der Waals surface area contributed by atoms with Crippen LogP contribution in [-0.2, 0) is 11.4 Å². The molecule has 0 atom stereocenters. The number of amides is 1. The largest absolute Gasteiger partial charge is 0.489 e. The van der Waals surface area contributed by atoms with E-state index in [2.05, 4.69) is 15.6 Å². The van der Waals surface area contributed by atoms with Crippen LogP contribution in [-0.4, -0.2) is 27.1 Å². The lowest BCUT2D eigenvalue weighted by Crippen LogP contribution is -2.28. The second-order valence-corrected chi connectivity index (χ2v) is 10.1.